The Bertz CT molecular complexity index is 940. The Morgan fingerprint density at radius 3 is 2.92 bits per heavy atom. The second-order valence-corrected chi connectivity index (χ2v) is 6.90. The van der Waals surface area contributed by atoms with Crippen LogP contribution >= 0.6 is 0 Å². The molecule has 1 aromatic carbocycles. The van der Waals surface area contributed by atoms with E-state index in [0.717, 1.165) is 41.5 Å². The van der Waals surface area contributed by atoms with E-state index >= 15 is 0 Å². The molecule has 1 fully saturated rings. The lowest BCUT2D eigenvalue weighted by Gasteiger charge is -2.31. The van der Waals surface area contributed by atoms with Gasteiger partial charge in [-0.25, -0.2) is 0 Å². The van der Waals surface area contributed by atoms with Gasteiger partial charge < -0.3 is 14.4 Å². The molecule has 1 aliphatic rings. The average molecular weight is 338 g/mol. The number of rotatable bonds is 2. The minimum Gasteiger partial charge on any atom is -0.358 e. The van der Waals surface area contributed by atoms with Crippen molar-refractivity contribution in [3.8, 4) is 0 Å². The molecule has 0 saturated carbocycles. The molecular formula is C19H22N4O2. The molecule has 0 bridgehead atoms. The fourth-order valence-corrected chi connectivity index (χ4v) is 3.63. The van der Waals surface area contributed by atoms with Gasteiger partial charge in [0.15, 0.2) is 5.82 Å². The number of fused-ring (bicyclic) bond motifs is 1. The van der Waals surface area contributed by atoms with E-state index in [1.54, 1.807) is 6.92 Å². The maximum absolute atomic E-state index is 13.0. The van der Waals surface area contributed by atoms with Crippen LogP contribution in [0.25, 0.3) is 10.9 Å². The van der Waals surface area contributed by atoms with Crippen molar-refractivity contribution < 1.29 is 9.32 Å². The monoisotopic (exact) mass is 338 g/mol. The highest BCUT2D eigenvalue weighted by Gasteiger charge is 2.28. The third-order valence-electron chi connectivity index (χ3n) is 5.17. The summed E-state index contributed by atoms with van der Waals surface area (Å²) < 4.78 is 5.09. The molecule has 1 amide bonds. The fraction of sp³-hybridized carbons (Fsp3) is 0.421. The molecule has 3 heterocycles. The molecule has 130 valence electrons. The van der Waals surface area contributed by atoms with Crippen molar-refractivity contribution >= 4 is 16.8 Å². The van der Waals surface area contributed by atoms with Crippen LogP contribution in [0.3, 0.4) is 0 Å². The van der Waals surface area contributed by atoms with Gasteiger partial charge in [0.05, 0.1) is 0 Å². The van der Waals surface area contributed by atoms with Crippen LogP contribution in [0.5, 0.6) is 0 Å². The summed E-state index contributed by atoms with van der Waals surface area (Å²) >= 11 is 0. The number of nitrogens with one attached hydrogen (secondary N) is 1. The molecule has 6 heteroatoms. The number of piperidine rings is 1. The van der Waals surface area contributed by atoms with Crippen LogP contribution in [0.15, 0.2) is 22.7 Å². The molecule has 0 radical (unpaired) electrons. The van der Waals surface area contributed by atoms with Crippen LogP contribution < -0.4 is 0 Å². The largest absolute Gasteiger partial charge is 0.358 e. The van der Waals surface area contributed by atoms with Crippen LogP contribution in [0.2, 0.25) is 0 Å². The molecule has 1 N–H and O–H groups in total. The third-order valence-corrected chi connectivity index (χ3v) is 5.17. The minimum absolute atomic E-state index is 0.0741. The van der Waals surface area contributed by atoms with Gasteiger partial charge in [-0.2, -0.15) is 4.98 Å². The maximum Gasteiger partial charge on any atom is 0.253 e. The van der Waals surface area contributed by atoms with E-state index in [1.165, 1.54) is 5.56 Å². The topological polar surface area (TPSA) is 75.0 Å². The molecule has 0 unspecified atom stereocenters. The molecule has 25 heavy (non-hydrogen) atoms. The molecule has 2 aromatic heterocycles. The van der Waals surface area contributed by atoms with Crippen molar-refractivity contribution in [3.63, 3.8) is 0 Å². The summed E-state index contributed by atoms with van der Waals surface area (Å²) in [6.07, 6.45) is 1.94. The van der Waals surface area contributed by atoms with Crippen molar-refractivity contribution in [2.45, 2.75) is 39.5 Å². The summed E-state index contributed by atoms with van der Waals surface area (Å²) in [6.45, 7) is 7.34. The first-order chi connectivity index (χ1) is 12.0. The molecular weight excluding hydrogens is 316 g/mol. The Balaban J connectivity index is 1.58. The van der Waals surface area contributed by atoms with Crippen LogP contribution in [-0.4, -0.2) is 39.0 Å². The van der Waals surface area contributed by atoms with Gasteiger partial charge in [-0.05, 0) is 50.5 Å². The number of carbonyl (C=O) groups is 1. The Morgan fingerprint density at radius 2 is 2.16 bits per heavy atom. The molecule has 6 nitrogen and oxygen atoms in total. The van der Waals surface area contributed by atoms with E-state index in [-0.39, 0.29) is 11.8 Å². The molecule has 3 aromatic rings. The predicted octanol–water partition coefficient (Wildman–Crippen LogP) is 3.50. The van der Waals surface area contributed by atoms with Crippen molar-refractivity contribution in [2.75, 3.05) is 13.1 Å². The zero-order chi connectivity index (χ0) is 17.6. The normalized spacial score (nSPS) is 18.0. The van der Waals surface area contributed by atoms with Gasteiger partial charge in [-0.3, -0.25) is 4.79 Å². The summed E-state index contributed by atoms with van der Waals surface area (Å²) in [5.74, 6) is 1.50. The SMILES string of the molecule is Cc1nc([C@@H]2CCCN(C(=O)c3ccc4[nH]c(C)c(C)c4c3)C2)no1. The Labute approximate surface area is 146 Å². The highest BCUT2D eigenvalue weighted by Crippen LogP contribution is 2.27. The molecule has 0 aliphatic carbocycles. The zero-order valence-corrected chi connectivity index (χ0v) is 14.8. The van der Waals surface area contributed by atoms with E-state index in [1.807, 2.05) is 23.1 Å². The van der Waals surface area contributed by atoms with Gasteiger partial charge >= 0.3 is 0 Å². The summed E-state index contributed by atoms with van der Waals surface area (Å²) in [6, 6.07) is 5.90. The minimum atomic E-state index is 0.0741. The Hall–Kier alpha value is -2.63. The van der Waals surface area contributed by atoms with Crippen LogP contribution in [0.4, 0.5) is 0 Å². The second kappa shape index (κ2) is 6.02. The van der Waals surface area contributed by atoms with E-state index in [0.29, 0.717) is 18.3 Å². The number of hydrogen-bond donors (Lipinski definition) is 1. The van der Waals surface area contributed by atoms with Gasteiger partial charge in [-0.15, -0.1) is 0 Å². The highest BCUT2D eigenvalue weighted by molar-refractivity contribution is 5.99. The van der Waals surface area contributed by atoms with Gasteiger partial charge in [-0.1, -0.05) is 5.16 Å². The quantitative estimate of drug-likeness (QED) is 0.776. The standard InChI is InChI=1S/C19H22N4O2/c1-11-12(2)20-17-7-6-14(9-16(11)17)19(24)23-8-4-5-15(10-23)18-21-13(3)25-22-18/h6-7,9,15,20H,4-5,8,10H2,1-3H3/t15-/m1/s1. The Kier molecular flexibility index (Phi) is 3.82. The van der Waals surface area contributed by atoms with E-state index in [4.69, 9.17) is 4.52 Å². The van der Waals surface area contributed by atoms with E-state index in [2.05, 4.69) is 29.0 Å². The number of aryl methyl sites for hydroxylation is 3. The van der Waals surface area contributed by atoms with Crippen molar-refractivity contribution in [1.29, 1.82) is 0 Å². The number of benzene rings is 1. The lowest BCUT2D eigenvalue weighted by atomic mass is 9.96. The summed E-state index contributed by atoms with van der Waals surface area (Å²) in [5.41, 5.74) is 4.15. The first-order valence-corrected chi connectivity index (χ1v) is 8.71. The summed E-state index contributed by atoms with van der Waals surface area (Å²) in [5, 5.41) is 5.15. The smallest absolute Gasteiger partial charge is 0.253 e. The second-order valence-electron chi connectivity index (χ2n) is 6.90. The van der Waals surface area contributed by atoms with Crippen LogP contribution in [0.1, 0.15) is 52.1 Å². The number of aromatic amines is 1. The lowest BCUT2D eigenvalue weighted by molar-refractivity contribution is 0.0704. The summed E-state index contributed by atoms with van der Waals surface area (Å²) in [7, 11) is 0. The van der Waals surface area contributed by atoms with Crippen molar-refractivity contribution in [3.05, 3.63) is 46.7 Å². The first-order valence-electron chi connectivity index (χ1n) is 8.71. The van der Waals surface area contributed by atoms with Crippen molar-refractivity contribution in [2.24, 2.45) is 0 Å². The maximum atomic E-state index is 13.0. The molecule has 1 aliphatic heterocycles. The highest BCUT2D eigenvalue weighted by atomic mass is 16.5. The van der Waals surface area contributed by atoms with E-state index in [9.17, 15) is 4.79 Å². The molecule has 4 rings (SSSR count). The van der Waals surface area contributed by atoms with Crippen molar-refractivity contribution in [1.82, 2.24) is 20.0 Å². The van der Waals surface area contributed by atoms with Crippen LogP contribution in [0, 0.1) is 20.8 Å². The lowest BCUT2D eigenvalue weighted by Crippen LogP contribution is -2.39. The number of carbonyl (C=O) groups excluding carboxylic acids is 1. The average Bonchev–Trinajstić information content (AvgIpc) is 3.18. The Morgan fingerprint density at radius 1 is 1.32 bits per heavy atom. The predicted molar refractivity (Wildman–Crippen MR) is 94.7 cm³/mol. The number of likely N-dealkylation sites (tertiary alicyclic amines) is 1. The first kappa shape index (κ1) is 15.9. The molecule has 0 spiro atoms. The number of H-pyrrole nitrogens is 1. The number of amides is 1. The van der Waals surface area contributed by atoms with E-state index < -0.39 is 0 Å². The zero-order valence-electron chi connectivity index (χ0n) is 14.8. The van der Waals surface area contributed by atoms with Gasteiger partial charge in [0.1, 0.15) is 0 Å². The number of hydrogen-bond acceptors (Lipinski definition) is 4. The number of aromatic nitrogens is 3. The fourth-order valence-electron chi connectivity index (χ4n) is 3.63. The van der Waals surface area contributed by atoms with Crippen LogP contribution in [-0.2, 0) is 0 Å². The molecule has 1 saturated heterocycles. The number of nitrogens with zero attached hydrogens (tertiary/aromatic N) is 3. The molecule has 1 atom stereocenters. The third kappa shape index (κ3) is 2.81. The summed E-state index contributed by atoms with van der Waals surface area (Å²) in [4.78, 5) is 22.6. The van der Waals surface area contributed by atoms with Gasteiger partial charge in [0.2, 0.25) is 5.89 Å². The van der Waals surface area contributed by atoms with Gasteiger partial charge in [0, 0.05) is 48.1 Å². The van der Waals surface area contributed by atoms with Gasteiger partial charge in [0.25, 0.3) is 5.91 Å².